The van der Waals surface area contributed by atoms with Crippen molar-refractivity contribution in [3.8, 4) is 0 Å². The molecule has 20 heavy (non-hydrogen) atoms. The van der Waals surface area contributed by atoms with E-state index in [9.17, 15) is 0 Å². The second-order valence-electron chi connectivity index (χ2n) is 5.90. The Labute approximate surface area is 124 Å². The highest BCUT2D eigenvalue weighted by molar-refractivity contribution is 5.58. The van der Waals surface area contributed by atoms with E-state index in [1.807, 2.05) is 0 Å². The van der Waals surface area contributed by atoms with Gasteiger partial charge in [0, 0.05) is 5.92 Å². The van der Waals surface area contributed by atoms with Crippen LogP contribution in [0.5, 0.6) is 0 Å². The van der Waals surface area contributed by atoms with Crippen LogP contribution in [0.25, 0.3) is 0 Å². The molecule has 0 heteroatoms. The predicted octanol–water partition coefficient (Wildman–Crippen LogP) is 6.29. The summed E-state index contributed by atoms with van der Waals surface area (Å²) in [5.74, 6) is 0.609. The van der Waals surface area contributed by atoms with Crippen molar-refractivity contribution in [2.75, 3.05) is 0 Å². The zero-order valence-corrected chi connectivity index (χ0v) is 13.3. The van der Waals surface area contributed by atoms with Crippen molar-refractivity contribution in [3.05, 3.63) is 58.7 Å². The van der Waals surface area contributed by atoms with Gasteiger partial charge in [0.1, 0.15) is 0 Å². The van der Waals surface area contributed by atoms with E-state index in [0.717, 1.165) is 0 Å². The molecule has 2 aliphatic carbocycles. The Hall–Kier alpha value is -1.30. The minimum Gasteiger partial charge on any atom is -0.0770 e. The summed E-state index contributed by atoms with van der Waals surface area (Å²) in [5, 5.41) is 0. The van der Waals surface area contributed by atoms with E-state index in [1.165, 1.54) is 49.7 Å². The molecule has 0 bridgehead atoms. The molecule has 0 heterocycles. The summed E-state index contributed by atoms with van der Waals surface area (Å²) >= 11 is 0. The van der Waals surface area contributed by atoms with E-state index in [2.05, 4.69) is 57.2 Å². The normalized spacial score (nSPS) is 25.1. The summed E-state index contributed by atoms with van der Waals surface area (Å²) in [6, 6.07) is 0. The molecule has 0 aromatic heterocycles. The minimum atomic E-state index is 0.609. The van der Waals surface area contributed by atoms with Gasteiger partial charge in [-0.15, -0.1) is 0 Å². The molecule has 0 aromatic rings. The molecule has 1 atom stereocenters. The average molecular weight is 268 g/mol. The van der Waals surface area contributed by atoms with Crippen LogP contribution in [0.2, 0.25) is 0 Å². The molecule has 0 N–H and O–H groups in total. The van der Waals surface area contributed by atoms with Crippen molar-refractivity contribution in [3.63, 3.8) is 0 Å². The third-order valence-corrected chi connectivity index (χ3v) is 4.13. The molecule has 0 aromatic carbocycles. The molecule has 2 rings (SSSR count). The van der Waals surface area contributed by atoms with Crippen molar-refractivity contribution in [1.29, 1.82) is 0 Å². The highest BCUT2D eigenvalue weighted by Gasteiger charge is 2.19. The first-order valence-corrected chi connectivity index (χ1v) is 8.30. The van der Waals surface area contributed by atoms with Crippen molar-refractivity contribution in [2.45, 2.75) is 59.3 Å². The summed E-state index contributed by atoms with van der Waals surface area (Å²) in [4.78, 5) is 0. The summed E-state index contributed by atoms with van der Waals surface area (Å²) in [6.07, 6.45) is 21.4. The lowest BCUT2D eigenvalue weighted by Crippen LogP contribution is -2.05. The smallest absolute Gasteiger partial charge is 0.00270 e. The van der Waals surface area contributed by atoms with Gasteiger partial charge >= 0.3 is 0 Å². The third kappa shape index (κ3) is 3.42. The fourth-order valence-corrected chi connectivity index (χ4v) is 3.24. The van der Waals surface area contributed by atoms with E-state index in [4.69, 9.17) is 0 Å². The zero-order chi connectivity index (χ0) is 14.4. The van der Waals surface area contributed by atoms with Gasteiger partial charge in [0.15, 0.2) is 0 Å². The van der Waals surface area contributed by atoms with Crippen LogP contribution in [0, 0.1) is 5.92 Å². The lowest BCUT2D eigenvalue weighted by molar-refractivity contribution is 0.662. The largest absolute Gasteiger partial charge is 0.0770 e. The zero-order valence-electron chi connectivity index (χ0n) is 13.3. The van der Waals surface area contributed by atoms with E-state index in [-0.39, 0.29) is 0 Å². The van der Waals surface area contributed by atoms with Gasteiger partial charge in [-0.05, 0) is 41.6 Å². The molecule has 0 amide bonds. The molecule has 2 aliphatic rings. The van der Waals surface area contributed by atoms with Gasteiger partial charge in [-0.3, -0.25) is 0 Å². The first kappa shape index (κ1) is 15.1. The molecule has 108 valence electrons. The number of hydrogen-bond donors (Lipinski definition) is 0. The summed E-state index contributed by atoms with van der Waals surface area (Å²) in [5.41, 5.74) is 6.15. The highest BCUT2D eigenvalue weighted by atomic mass is 14.2. The van der Waals surface area contributed by atoms with Gasteiger partial charge in [0.05, 0.1) is 0 Å². The standard InChI is InChI=1S/C20H28/c1-4-9-16-14-18(11-6-3)20(15-16)19-13-8-7-12-17(19)10-5-2/h7-8,12-15,17H,4-6,9-11H2,1-3H3. The van der Waals surface area contributed by atoms with Crippen molar-refractivity contribution in [1.82, 2.24) is 0 Å². The lowest BCUT2D eigenvalue weighted by atomic mass is 9.85. The summed E-state index contributed by atoms with van der Waals surface area (Å²) < 4.78 is 0. The maximum Gasteiger partial charge on any atom is 0.00270 e. The summed E-state index contributed by atoms with van der Waals surface area (Å²) in [6.45, 7) is 6.83. The highest BCUT2D eigenvalue weighted by Crippen LogP contribution is 2.37. The molecule has 0 fully saturated rings. The third-order valence-electron chi connectivity index (χ3n) is 4.13. The molecule has 0 nitrogen and oxygen atoms in total. The van der Waals surface area contributed by atoms with E-state index < -0.39 is 0 Å². The Balaban J connectivity index is 2.35. The van der Waals surface area contributed by atoms with Crippen molar-refractivity contribution >= 4 is 0 Å². The van der Waals surface area contributed by atoms with Crippen LogP contribution in [-0.4, -0.2) is 0 Å². The number of allylic oxidation sites excluding steroid dienone is 10. The second kappa shape index (κ2) is 7.47. The van der Waals surface area contributed by atoms with Crippen LogP contribution in [0.3, 0.4) is 0 Å². The quantitative estimate of drug-likeness (QED) is 0.531. The van der Waals surface area contributed by atoms with Crippen LogP contribution in [0.4, 0.5) is 0 Å². The van der Waals surface area contributed by atoms with E-state index in [0.29, 0.717) is 5.92 Å². The molecule has 0 aliphatic heterocycles. The van der Waals surface area contributed by atoms with Gasteiger partial charge in [-0.1, -0.05) is 76.5 Å². The lowest BCUT2D eigenvalue weighted by Gasteiger charge is -2.20. The molecule has 0 saturated heterocycles. The fourth-order valence-electron chi connectivity index (χ4n) is 3.24. The maximum atomic E-state index is 2.45. The fraction of sp³-hybridized carbons (Fsp3) is 0.500. The van der Waals surface area contributed by atoms with Gasteiger partial charge in [-0.2, -0.15) is 0 Å². The van der Waals surface area contributed by atoms with E-state index >= 15 is 0 Å². The summed E-state index contributed by atoms with van der Waals surface area (Å²) in [7, 11) is 0. The predicted molar refractivity (Wildman–Crippen MR) is 89.7 cm³/mol. The van der Waals surface area contributed by atoms with Crippen molar-refractivity contribution in [2.24, 2.45) is 5.92 Å². The Morgan fingerprint density at radius 3 is 2.40 bits per heavy atom. The number of rotatable bonds is 6. The first-order chi connectivity index (χ1) is 9.80. The van der Waals surface area contributed by atoms with Gasteiger partial charge < -0.3 is 0 Å². The van der Waals surface area contributed by atoms with Crippen LogP contribution in [0.15, 0.2) is 58.7 Å². The van der Waals surface area contributed by atoms with Gasteiger partial charge in [0.25, 0.3) is 0 Å². The Morgan fingerprint density at radius 1 is 0.900 bits per heavy atom. The Kier molecular flexibility index (Phi) is 5.64. The SMILES string of the molecule is CCCC1=CC(=C2C=CC=CC2CCC)C(CCC)=C1. The molecular weight excluding hydrogens is 240 g/mol. The topological polar surface area (TPSA) is 0 Å². The van der Waals surface area contributed by atoms with Crippen molar-refractivity contribution < 1.29 is 0 Å². The molecular formula is C20H28. The monoisotopic (exact) mass is 268 g/mol. The number of hydrogen-bond acceptors (Lipinski definition) is 0. The molecule has 0 radical (unpaired) electrons. The second-order valence-corrected chi connectivity index (χ2v) is 5.90. The molecule has 0 saturated carbocycles. The first-order valence-electron chi connectivity index (χ1n) is 8.30. The Bertz CT molecular complexity index is 480. The van der Waals surface area contributed by atoms with Gasteiger partial charge in [0.2, 0.25) is 0 Å². The Morgan fingerprint density at radius 2 is 1.70 bits per heavy atom. The molecule has 1 unspecified atom stereocenters. The van der Waals surface area contributed by atoms with Crippen LogP contribution in [-0.2, 0) is 0 Å². The van der Waals surface area contributed by atoms with Gasteiger partial charge in [-0.25, -0.2) is 0 Å². The minimum absolute atomic E-state index is 0.609. The molecule has 0 spiro atoms. The van der Waals surface area contributed by atoms with Crippen LogP contribution >= 0.6 is 0 Å². The van der Waals surface area contributed by atoms with E-state index in [1.54, 1.807) is 11.1 Å². The average Bonchev–Trinajstić information content (AvgIpc) is 2.83. The van der Waals surface area contributed by atoms with Crippen LogP contribution < -0.4 is 0 Å². The maximum absolute atomic E-state index is 2.45. The van der Waals surface area contributed by atoms with Crippen LogP contribution in [0.1, 0.15) is 59.3 Å².